The van der Waals surface area contributed by atoms with Crippen LogP contribution in [0.3, 0.4) is 0 Å². The Labute approximate surface area is 223 Å². The zero-order valence-corrected chi connectivity index (χ0v) is 22.4. The number of ketones is 1. The predicted molar refractivity (Wildman–Crippen MR) is 138 cm³/mol. The number of Topliss-reactive ketones (excluding diaryl/α,β-unsaturated/α-hetero) is 1. The van der Waals surface area contributed by atoms with E-state index in [1.165, 1.54) is 6.92 Å². The molecule has 0 saturated heterocycles. The standard InChI is InChI=1S/C29H41NO8/c1-15-12-18(30)4-5-20(15)25(35)38-14-27-10-7-19(32)13-17(27)6-11-28(36)21(27)8-9-26(3)22(16(2)31)23(33)24(34)29(26,28)37/h4-5,12,17,19,21-24,32-34,36-37H,6-11,13-14,30H2,1-3H3. The lowest BCUT2D eigenvalue weighted by Gasteiger charge is -2.67. The number of carbonyl (C=O) groups excluding carboxylic acids is 2. The van der Waals surface area contributed by atoms with Crippen LogP contribution in [0.15, 0.2) is 18.2 Å². The summed E-state index contributed by atoms with van der Waals surface area (Å²) in [6, 6.07) is 4.96. The summed E-state index contributed by atoms with van der Waals surface area (Å²) in [5.74, 6) is -2.51. The molecule has 0 spiro atoms. The molecule has 0 radical (unpaired) electrons. The number of fused-ring (bicyclic) bond motifs is 5. The zero-order valence-electron chi connectivity index (χ0n) is 22.4. The monoisotopic (exact) mass is 531 g/mol. The number of nitrogen functional groups attached to an aromatic ring is 1. The first-order chi connectivity index (χ1) is 17.7. The summed E-state index contributed by atoms with van der Waals surface area (Å²) in [6.07, 6.45) is -0.998. The van der Waals surface area contributed by atoms with Gasteiger partial charge in [0.15, 0.2) is 0 Å². The molecule has 38 heavy (non-hydrogen) atoms. The predicted octanol–water partition coefficient (Wildman–Crippen LogP) is 1.49. The maximum Gasteiger partial charge on any atom is 0.338 e. The van der Waals surface area contributed by atoms with Gasteiger partial charge in [-0.2, -0.15) is 0 Å². The molecular weight excluding hydrogens is 490 g/mol. The topological polar surface area (TPSA) is 171 Å². The summed E-state index contributed by atoms with van der Waals surface area (Å²) in [5.41, 5.74) is 1.50. The average molecular weight is 532 g/mol. The molecule has 4 fully saturated rings. The maximum atomic E-state index is 13.2. The number of anilines is 1. The van der Waals surface area contributed by atoms with E-state index in [1.54, 1.807) is 32.0 Å². The van der Waals surface area contributed by atoms with Crippen LogP contribution in [-0.2, 0) is 9.53 Å². The number of esters is 1. The van der Waals surface area contributed by atoms with Crippen LogP contribution in [-0.4, -0.2) is 73.4 Å². The van der Waals surface area contributed by atoms with Crippen LogP contribution in [0.2, 0.25) is 0 Å². The molecule has 9 heteroatoms. The van der Waals surface area contributed by atoms with Crippen LogP contribution in [0, 0.1) is 35.5 Å². The van der Waals surface area contributed by atoms with Crippen LogP contribution in [0.4, 0.5) is 5.69 Å². The third-order valence-electron chi connectivity index (χ3n) is 11.1. The molecule has 1 aromatic carbocycles. The van der Waals surface area contributed by atoms with Crippen molar-refractivity contribution < 1.29 is 39.9 Å². The molecule has 4 saturated carbocycles. The van der Waals surface area contributed by atoms with Gasteiger partial charge in [0.05, 0.1) is 35.9 Å². The Balaban J connectivity index is 1.53. The summed E-state index contributed by atoms with van der Waals surface area (Å²) < 4.78 is 5.93. The summed E-state index contributed by atoms with van der Waals surface area (Å²) >= 11 is 0. The highest BCUT2D eigenvalue weighted by Crippen LogP contribution is 2.70. The second kappa shape index (κ2) is 8.99. The van der Waals surface area contributed by atoms with Crippen molar-refractivity contribution in [3.05, 3.63) is 29.3 Å². The van der Waals surface area contributed by atoms with Gasteiger partial charge in [-0.15, -0.1) is 0 Å². The first kappa shape index (κ1) is 27.5. The molecule has 0 amide bonds. The number of aliphatic hydroxyl groups is 5. The number of rotatable bonds is 4. The number of hydrogen-bond donors (Lipinski definition) is 6. The van der Waals surface area contributed by atoms with Crippen LogP contribution in [0.5, 0.6) is 0 Å². The van der Waals surface area contributed by atoms with Crippen LogP contribution >= 0.6 is 0 Å². The molecule has 210 valence electrons. The van der Waals surface area contributed by atoms with E-state index in [1.807, 2.05) is 0 Å². The highest BCUT2D eigenvalue weighted by Gasteiger charge is 2.80. The van der Waals surface area contributed by atoms with Crippen molar-refractivity contribution in [2.24, 2.45) is 28.6 Å². The Kier molecular flexibility index (Phi) is 6.51. The van der Waals surface area contributed by atoms with Gasteiger partial charge >= 0.3 is 5.97 Å². The molecule has 4 aliphatic rings. The summed E-state index contributed by atoms with van der Waals surface area (Å²) in [7, 11) is 0. The van der Waals surface area contributed by atoms with Gasteiger partial charge in [-0.25, -0.2) is 4.79 Å². The number of hydrogen-bond acceptors (Lipinski definition) is 9. The van der Waals surface area contributed by atoms with Gasteiger partial charge in [0.25, 0.3) is 0 Å². The van der Waals surface area contributed by atoms with E-state index in [2.05, 4.69) is 0 Å². The highest BCUT2D eigenvalue weighted by atomic mass is 16.5. The van der Waals surface area contributed by atoms with Crippen LogP contribution in [0.25, 0.3) is 0 Å². The number of ether oxygens (including phenoxy) is 1. The van der Waals surface area contributed by atoms with Gasteiger partial charge < -0.3 is 36.0 Å². The van der Waals surface area contributed by atoms with Gasteiger partial charge in [-0.1, -0.05) is 6.92 Å². The SMILES string of the molecule is CC(=O)C1C(O)C(O)C2(O)C1(C)CCC1C3(COC(=O)c4ccc(N)cc4C)CCC(O)CC3CCC12O. The van der Waals surface area contributed by atoms with Gasteiger partial charge in [0, 0.05) is 16.5 Å². The lowest BCUT2D eigenvalue weighted by atomic mass is 9.41. The van der Waals surface area contributed by atoms with Gasteiger partial charge in [0.2, 0.25) is 0 Å². The first-order valence-corrected chi connectivity index (χ1v) is 13.8. The smallest absolute Gasteiger partial charge is 0.338 e. The van der Waals surface area contributed by atoms with Gasteiger partial charge in [0.1, 0.15) is 17.5 Å². The Bertz CT molecular complexity index is 1140. The second-order valence-corrected chi connectivity index (χ2v) is 12.8. The minimum atomic E-state index is -2.13. The molecule has 10 unspecified atom stereocenters. The Hall–Kier alpha value is -2.04. The van der Waals surface area contributed by atoms with Crippen molar-refractivity contribution in [3.8, 4) is 0 Å². The normalized spacial score (nSPS) is 46.0. The van der Waals surface area contributed by atoms with Crippen molar-refractivity contribution in [1.29, 1.82) is 0 Å². The van der Waals surface area contributed by atoms with Crippen molar-refractivity contribution in [3.63, 3.8) is 0 Å². The largest absolute Gasteiger partial charge is 0.461 e. The van der Waals surface area contributed by atoms with E-state index < -0.39 is 58.1 Å². The van der Waals surface area contributed by atoms with Crippen molar-refractivity contribution >= 4 is 17.4 Å². The first-order valence-electron chi connectivity index (χ1n) is 13.8. The number of benzene rings is 1. The van der Waals surface area contributed by atoms with Crippen molar-refractivity contribution in [2.45, 2.75) is 95.2 Å². The van der Waals surface area contributed by atoms with E-state index in [0.29, 0.717) is 55.3 Å². The lowest BCUT2D eigenvalue weighted by molar-refractivity contribution is -0.322. The molecule has 0 aliphatic heterocycles. The maximum absolute atomic E-state index is 13.2. The van der Waals surface area contributed by atoms with Crippen LogP contribution < -0.4 is 5.73 Å². The fourth-order valence-corrected chi connectivity index (χ4v) is 9.31. The minimum Gasteiger partial charge on any atom is -0.461 e. The molecule has 0 aromatic heterocycles. The van der Waals surface area contributed by atoms with Gasteiger partial charge in [-0.05, 0) is 94.4 Å². The minimum absolute atomic E-state index is 0.0123. The number of nitrogens with two attached hydrogens (primary N) is 1. The summed E-state index contributed by atoms with van der Waals surface area (Å²) in [4.78, 5) is 25.8. The molecule has 0 bridgehead atoms. The van der Waals surface area contributed by atoms with Crippen molar-refractivity contribution in [2.75, 3.05) is 12.3 Å². The fourth-order valence-electron chi connectivity index (χ4n) is 9.31. The molecule has 1 aromatic rings. The Morgan fingerprint density at radius 2 is 1.79 bits per heavy atom. The van der Waals surface area contributed by atoms with Crippen LogP contribution in [0.1, 0.15) is 74.7 Å². The van der Waals surface area contributed by atoms with E-state index in [-0.39, 0.29) is 24.7 Å². The second-order valence-electron chi connectivity index (χ2n) is 12.8. The Morgan fingerprint density at radius 3 is 2.45 bits per heavy atom. The number of carbonyl (C=O) groups is 2. The lowest BCUT2D eigenvalue weighted by Crippen LogP contribution is -2.76. The molecule has 5 rings (SSSR count). The zero-order chi connectivity index (χ0) is 27.8. The summed E-state index contributed by atoms with van der Waals surface area (Å²) in [6.45, 7) is 4.79. The van der Waals surface area contributed by atoms with Gasteiger partial charge in [-0.3, -0.25) is 4.79 Å². The highest BCUT2D eigenvalue weighted by molar-refractivity contribution is 5.91. The molecule has 0 heterocycles. The third kappa shape index (κ3) is 3.48. The molecule has 10 atom stereocenters. The molecular formula is C29H41NO8. The van der Waals surface area contributed by atoms with E-state index >= 15 is 0 Å². The average Bonchev–Trinajstić information content (AvgIpc) is 3.01. The molecule has 7 N–H and O–H groups in total. The van der Waals surface area contributed by atoms with E-state index in [0.717, 1.165) is 0 Å². The Morgan fingerprint density at radius 1 is 1.08 bits per heavy atom. The number of aryl methyl sites for hydroxylation is 1. The third-order valence-corrected chi connectivity index (χ3v) is 11.1. The summed E-state index contributed by atoms with van der Waals surface area (Å²) in [5, 5.41) is 57.4. The molecule has 9 nitrogen and oxygen atoms in total. The molecule has 4 aliphatic carbocycles. The number of aliphatic hydroxyl groups excluding tert-OH is 3. The fraction of sp³-hybridized carbons (Fsp3) is 0.724. The van der Waals surface area contributed by atoms with Crippen molar-refractivity contribution in [1.82, 2.24) is 0 Å². The quantitative estimate of drug-likeness (QED) is 0.249. The van der Waals surface area contributed by atoms with E-state index in [9.17, 15) is 35.1 Å². The van der Waals surface area contributed by atoms with E-state index in [4.69, 9.17) is 10.5 Å².